The molecule has 2 aromatic carbocycles. The van der Waals surface area contributed by atoms with E-state index in [0.29, 0.717) is 11.3 Å². The maximum Gasteiger partial charge on any atom is 0.251 e. The number of carbonyl (C=O) groups excluding carboxylic acids is 1. The molecule has 0 saturated carbocycles. The van der Waals surface area contributed by atoms with Gasteiger partial charge in [-0.1, -0.05) is 30.3 Å². The number of rotatable bonds is 9. The normalized spacial score (nSPS) is 12.4. The van der Waals surface area contributed by atoms with Crippen LogP contribution in [0.15, 0.2) is 82.3 Å². The Balaban J connectivity index is 1.53. The van der Waals surface area contributed by atoms with E-state index >= 15 is 0 Å². The van der Waals surface area contributed by atoms with Crippen molar-refractivity contribution in [2.75, 3.05) is 0 Å². The maximum atomic E-state index is 12.4. The van der Waals surface area contributed by atoms with Crippen LogP contribution in [0.25, 0.3) is 0 Å². The predicted octanol–water partition coefficient (Wildman–Crippen LogP) is 3.51. The molecule has 3 rings (SSSR count). The summed E-state index contributed by atoms with van der Waals surface area (Å²) in [5.41, 5.74) is 1.65. The molecule has 29 heavy (non-hydrogen) atoms. The van der Waals surface area contributed by atoms with Crippen molar-refractivity contribution in [1.29, 1.82) is 0 Å². The van der Waals surface area contributed by atoms with Crippen LogP contribution in [0.4, 0.5) is 0 Å². The van der Waals surface area contributed by atoms with Gasteiger partial charge in [-0.05, 0) is 61.7 Å². The molecule has 1 heterocycles. The molecule has 1 atom stereocenters. The smallest absolute Gasteiger partial charge is 0.251 e. The first kappa shape index (κ1) is 20.8. The zero-order valence-corrected chi connectivity index (χ0v) is 17.0. The second kappa shape index (κ2) is 9.54. The first-order valence-corrected chi connectivity index (χ1v) is 10.9. The van der Waals surface area contributed by atoms with Crippen molar-refractivity contribution in [2.45, 2.75) is 37.2 Å². The molecule has 7 heteroatoms. The summed E-state index contributed by atoms with van der Waals surface area (Å²) in [5, 5.41) is 2.95. The first-order chi connectivity index (χ1) is 13.9. The fourth-order valence-electron chi connectivity index (χ4n) is 2.86. The highest BCUT2D eigenvalue weighted by molar-refractivity contribution is 7.89. The van der Waals surface area contributed by atoms with Crippen LogP contribution in [0.3, 0.4) is 0 Å². The highest BCUT2D eigenvalue weighted by atomic mass is 32.2. The van der Waals surface area contributed by atoms with Crippen molar-refractivity contribution in [3.63, 3.8) is 0 Å². The third-order valence-electron chi connectivity index (χ3n) is 4.53. The summed E-state index contributed by atoms with van der Waals surface area (Å²) in [6, 6.07) is 19.4. The monoisotopic (exact) mass is 412 g/mol. The average Bonchev–Trinajstić information content (AvgIpc) is 3.25. The molecule has 152 valence electrons. The lowest BCUT2D eigenvalue weighted by Crippen LogP contribution is -2.33. The molecule has 0 aliphatic rings. The fourth-order valence-corrected chi connectivity index (χ4v) is 3.85. The standard InChI is InChI=1S/C22H24N2O4S/c1-17(9-10-18-6-3-2-4-7-18)24-22(25)19-11-13-21(14-12-19)29(26,27)23-16-20-8-5-15-28-20/h2-8,11-15,17,23H,9-10,16H2,1H3,(H,24,25). The number of benzene rings is 2. The van der Waals surface area contributed by atoms with Crippen LogP contribution >= 0.6 is 0 Å². The second-order valence-electron chi connectivity index (χ2n) is 6.83. The van der Waals surface area contributed by atoms with Gasteiger partial charge in [0.05, 0.1) is 17.7 Å². The van der Waals surface area contributed by atoms with Gasteiger partial charge >= 0.3 is 0 Å². The molecule has 0 bridgehead atoms. The van der Waals surface area contributed by atoms with Crippen LogP contribution in [-0.2, 0) is 23.0 Å². The summed E-state index contributed by atoms with van der Waals surface area (Å²) >= 11 is 0. The zero-order valence-electron chi connectivity index (χ0n) is 16.2. The van der Waals surface area contributed by atoms with E-state index in [1.807, 2.05) is 25.1 Å². The Morgan fingerprint density at radius 3 is 2.38 bits per heavy atom. The molecule has 1 aromatic heterocycles. The van der Waals surface area contributed by atoms with E-state index in [2.05, 4.69) is 22.2 Å². The molecular weight excluding hydrogens is 388 g/mol. The highest BCUT2D eigenvalue weighted by Crippen LogP contribution is 2.12. The molecule has 3 aromatic rings. The lowest BCUT2D eigenvalue weighted by Gasteiger charge is -2.14. The molecule has 2 N–H and O–H groups in total. The number of carbonyl (C=O) groups is 1. The first-order valence-electron chi connectivity index (χ1n) is 9.41. The highest BCUT2D eigenvalue weighted by Gasteiger charge is 2.16. The quantitative estimate of drug-likeness (QED) is 0.563. The van der Waals surface area contributed by atoms with E-state index in [4.69, 9.17) is 4.42 Å². The van der Waals surface area contributed by atoms with E-state index in [0.717, 1.165) is 12.8 Å². The Kier molecular flexibility index (Phi) is 6.85. The Bertz CT molecular complexity index is 1010. The number of nitrogens with one attached hydrogen (secondary N) is 2. The van der Waals surface area contributed by atoms with Gasteiger partial charge in [0, 0.05) is 11.6 Å². The third kappa shape index (κ3) is 6.04. The number of hydrogen-bond acceptors (Lipinski definition) is 4. The Morgan fingerprint density at radius 2 is 1.72 bits per heavy atom. The molecule has 6 nitrogen and oxygen atoms in total. The van der Waals surface area contributed by atoms with Gasteiger partial charge in [-0.25, -0.2) is 13.1 Å². The van der Waals surface area contributed by atoms with Crippen molar-refractivity contribution in [3.8, 4) is 0 Å². The summed E-state index contributed by atoms with van der Waals surface area (Å²) in [7, 11) is -3.68. The summed E-state index contributed by atoms with van der Waals surface area (Å²) in [6.45, 7) is 2.02. The lowest BCUT2D eigenvalue weighted by molar-refractivity contribution is 0.0938. The Morgan fingerprint density at radius 1 is 1.00 bits per heavy atom. The van der Waals surface area contributed by atoms with Crippen LogP contribution in [0.5, 0.6) is 0 Å². The van der Waals surface area contributed by atoms with Crippen LogP contribution in [0.1, 0.15) is 35.0 Å². The van der Waals surface area contributed by atoms with Gasteiger partial charge in [0.15, 0.2) is 0 Å². The van der Waals surface area contributed by atoms with Crippen LogP contribution in [-0.4, -0.2) is 20.4 Å². The zero-order chi connectivity index (χ0) is 20.7. The molecule has 0 saturated heterocycles. The molecule has 0 fully saturated rings. The van der Waals surface area contributed by atoms with E-state index in [9.17, 15) is 13.2 Å². The molecule has 0 aliphatic heterocycles. The largest absolute Gasteiger partial charge is 0.468 e. The molecule has 0 aliphatic carbocycles. The minimum atomic E-state index is -3.68. The van der Waals surface area contributed by atoms with Crippen LogP contribution in [0.2, 0.25) is 0 Å². The predicted molar refractivity (Wildman–Crippen MR) is 111 cm³/mol. The number of furan rings is 1. The van der Waals surface area contributed by atoms with Gasteiger partial charge in [-0.3, -0.25) is 4.79 Å². The summed E-state index contributed by atoms with van der Waals surface area (Å²) < 4.78 is 32.3. The van der Waals surface area contributed by atoms with Gasteiger partial charge in [0.1, 0.15) is 5.76 Å². The summed E-state index contributed by atoms with van der Waals surface area (Å²) in [5.74, 6) is 0.298. The maximum absolute atomic E-state index is 12.4. The lowest BCUT2D eigenvalue weighted by atomic mass is 10.1. The number of sulfonamides is 1. The molecular formula is C22H24N2O4S. The van der Waals surface area contributed by atoms with Crippen LogP contribution < -0.4 is 10.0 Å². The van der Waals surface area contributed by atoms with E-state index in [1.54, 1.807) is 12.1 Å². The van der Waals surface area contributed by atoms with Crippen molar-refractivity contribution in [1.82, 2.24) is 10.0 Å². The van der Waals surface area contributed by atoms with Gasteiger partial charge in [0.25, 0.3) is 5.91 Å². The van der Waals surface area contributed by atoms with E-state index in [1.165, 1.54) is 36.1 Å². The molecule has 0 spiro atoms. The SMILES string of the molecule is CC(CCc1ccccc1)NC(=O)c1ccc(S(=O)(=O)NCc2ccco2)cc1. The van der Waals surface area contributed by atoms with Gasteiger partial charge in [-0.2, -0.15) is 0 Å². The topological polar surface area (TPSA) is 88.4 Å². The molecule has 1 amide bonds. The molecule has 1 unspecified atom stereocenters. The van der Waals surface area contributed by atoms with Gasteiger partial charge in [0.2, 0.25) is 10.0 Å². The van der Waals surface area contributed by atoms with Crippen molar-refractivity contribution in [2.24, 2.45) is 0 Å². The van der Waals surface area contributed by atoms with Crippen molar-refractivity contribution >= 4 is 15.9 Å². The fraction of sp³-hybridized carbons (Fsp3) is 0.227. The van der Waals surface area contributed by atoms with Crippen LogP contribution in [0, 0.1) is 0 Å². The second-order valence-corrected chi connectivity index (χ2v) is 8.59. The number of aryl methyl sites for hydroxylation is 1. The van der Waals surface area contributed by atoms with Crippen molar-refractivity contribution < 1.29 is 17.6 Å². The Labute approximate surface area is 171 Å². The number of amides is 1. The van der Waals surface area contributed by atoms with Gasteiger partial charge < -0.3 is 9.73 Å². The van der Waals surface area contributed by atoms with Gasteiger partial charge in [-0.15, -0.1) is 0 Å². The summed E-state index contributed by atoms with van der Waals surface area (Å²) in [4.78, 5) is 12.5. The Hall–Kier alpha value is -2.90. The third-order valence-corrected chi connectivity index (χ3v) is 5.95. The average molecular weight is 413 g/mol. The van der Waals surface area contributed by atoms with Crippen molar-refractivity contribution in [3.05, 3.63) is 89.9 Å². The minimum absolute atomic E-state index is 0.000998. The number of hydrogen-bond donors (Lipinski definition) is 2. The minimum Gasteiger partial charge on any atom is -0.468 e. The van der Waals surface area contributed by atoms with E-state index in [-0.39, 0.29) is 23.4 Å². The van der Waals surface area contributed by atoms with E-state index < -0.39 is 10.0 Å². The molecule has 0 radical (unpaired) electrons. The summed E-state index contributed by atoms with van der Waals surface area (Å²) in [6.07, 6.45) is 3.18.